The Morgan fingerprint density at radius 2 is 2.05 bits per heavy atom. The summed E-state index contributed by atoms with van der Waals surface area (Å²) >= 11 is 8.92. The molecule has 0 fully saturated rings. The minimum atomic E-state index is -0.0951. The Morgan fingerprint density at radius 3 is 2.67 bits per heavy atom. The molecule has 0 saturated carbocycles. The van der Waals surface area contributed by atoms with E-state index in [0.29, 0.717) is 0 Å². The van der Waals surface area contributed by atoms with Crippen LogP contribution in [-0.2, 0) is 6.42 Å². The molecule has 2 aromatic rings. The topological polar surface area (TPSA) is 21.3 Å². The van der Waals surface area contributed by atoms with Gasteiger partial charge in [0.1, 0.15) is 11.4 Å². The molecule has 0 bridgehead atoms. The lowest BCUT2D eigenvalue weighted by molar-refractivity contribution is 0.138. The first-order valence-corrected chi connectivity index (χ1v) is 9.24. The molecule has 1 aliphatic rings. The first-order valence-electron chi connectivity index (χ1n) is 6.83. The van der Waals surface area contributed by atoms with Crippen molar-refractivity contribution in [3.05, 3.63) is 48.5 Å². The molecule has 0 spiro atoms. The van der Waals surface area contributed by atoms with Gasteiger partial charge in [-0.2, -0.15) is 0 Å². The Bertz CT molecular complexity index is 681. The Labute approximate surface area is 146 Å². The van der Waals surface area contributed by atoms with E-state index in [1.165, 1.54) is 16.7 Å². The molecule has 112 valence electrons. The van der Waals surface area contributed by atoms with E-state index >= 15 is 0 Å². The molecule has 1 aliphatic heterocycles. The molecule has 1 N–H and O–H groups in total. The van der Waals surface area contributed by atoms with E-state index in [4.69, 9.17) is 4.74 Å². The van der Waals surface area contributed by atoms with Gasteiger partial charge in [0.05, 0.1) is 13.6 Å². The second kappa shape index (κ2) is 5.69. The van der Waals surface area contributed by atoms with E-state index in [1.54, 1.807) is 11.3 Å². The summed E-state index contributed by atoms with van der Waals surface area (Å²) in [5, 5.41) is 3.42. The van der Waals surface area contributed by atoms with E-state index < -0.39 is 0 Å². The zero-order chi connectivity index (χ0) is 15.2. The Hall–Kier alpha value is -0.360. The Balaban J connectivity index is 1.98. The van der Waals surface area contributed by atoms with Gasteiger partial charge in [-0.25, -0.2) is 0 Å². The minimum Gasteiger partial charge on any atom is -0.487 e. The average molecular weight is 431 g/mol. The van der Waals surface area contributed by atoms with Crippen molar-refractivity contribution in [1.29, 1.82) is 0 Å². The van der Waals surface area contributed by atoms with Crippen LogP contribution in [0.25, 0.3) is 0 Å². The number of hydrogen-bond acceptors (Lipinski definition) is 3. The van der Waals surface area contributed by atoms with Crippen molar-refractivity contribution in [3.8, 4) is 5.75 Å². The fraction of sp³-hybridized carbons (Fsp3) is 0.375. The number of halogens is 2. The molecular formula is C16H17Br2NOS. The van der Waals surface area contributed by atoms with Crippen LogP contribution in [-0.4, -0.2) is 12.6 Å². The van der Waals surface area contributed by atoms with Gasteiger partial charge in [-0.15, -0.1) is 11.3 Å². The normalized spacial score (nSPS) is 17.4. The zero-order valence-electron chi connectivity index (χ0n) is 12.2. The number of rotatable bonds is 3. The lowest BCUT2D eigenvalue weighted by atomic mass is 9.96. The largest absolute Gasteiger partial charge is 0.487 e. The molecule has 0 radical (unpaired) electrons. The molecule has 5 heteroatoms. The van der Waals surface area contributed by atoms with Gasteiger partial charge in [-0.05, 0) is 81.6 Å². The second-order valence-electron chi connectivity index (χ2n) is 5.91. The Morgan fingerprint density at radius 1 is 1.29 bits per heavy atom. The number of thiophene rings is 1. The van der Waals surface area contributed by atoms with Gasteiger partial charge in [-0.1, -0.05) is 12.1 Å². The third-order valence-electron chi connectivity index (χ3n) is 3.70. The maximum Gasteiger partial charge on any atom is 0.123 e. The highest BCUT2D eigenvalue weighted by Gasteiger charge is 2.30. The number of fused-ring (bicyclic) bond motifs is 1. The van der Waals surface area contributed by atoms with Gasteiger partial charge in [0.2, 0.25) is 0 Å². The minimum absolute atomic E-state index is 0.0951. The summed E-state index contributed by atoms with van der Waals surface area (Å²) < 4.78 is 8.25. The highest BCUT2D eigenvalue weighted by atomic mass is 79.9. The fourth-order valence-corrected chi connectivity index (χ4v) is 5.76. The summed E-state index contributed by atoms with van der Waals surface area (Å²) in [7, 11) is 2.00. The van der Waals surface area contributed by atoms with Gasteiger partial charge >= 0.3 is 0 Å². The molecule has 0 amide bonds. The summed E-state index contributed by atoms with van der Waals surface area (Å²) in [5.41, 5.74) is 3.72. The van der Waals surface area contributed by atoms with Crippen molar-refractivity contribution in [2.75, 3.05) is 7.05 Å². The van der Waals surface area contributed by atoms with Crippen LogP contribution in [0.15, 0.2) is 31.8 Å². The summed E-state index contributed by atoms with van der Waals surface area (Å²) in [5.74, 6) is 1.02. The van der Waals surface area contributed by atoms with Crippen molar-refractivity contribution in [2.45, 2.75) is 31.9 Å². The zero-order valence-corrected chi connectivity index (χ0v) is 16.2. The Kier molecular flexibility index (Phi) is 4.21. The van der Waals surface area contributed by atoms with E-state index in [2.05, 4.69) is 75.3 Å². The third-order valence-corrected chi connectivity index (χ3v) is 6.09. The van der Waals surface area contributed by atoms with Crippen LogP contribution in [0, 0.1) is 0 Å². The quantitative estimate of drug-likeness (QED) is 0.713. The summed E-state index contributed by atoms with van der Waals surface area (Å²) in [6.07, 6.45) is 0.959. The monoisotopic (exact) mass is 429 g/mol. The van der Waals surface area contributed by atoms with Crippen molar-refractivity contribution < 1.29 is 4.74 Å². The van der Waals surface area contributed by atoms with Crippen molar-refractivity contribution in [2.24, 2.45) is 0 Å². The lowest BCUT2D eigenvalue weighted by Gasteiger charge is -2.17. The maximum absolute atomic E-state index is 5.96. The van der Waals surface area contributed by atoms with Crippen molar-refractivity contribution in [1.82, 2.24) is 5.32 Å². The van der Waals surface area contributed by atoms with Crippen LogP contribution in [0.3, 0.4) is 0 Å². The van der Waals surface area contributed by atoms with Gasteiger partial charge in [0, 0.05) is 6.42 Å². The molecule has 0 aliphatic carbocycles. The average Bonchev–Trinajstić information content (AvgIpc) is 2.88. The smallest absolute Gasteiger partial charge is 0.123 e. The van der Waals surface area contributed by atoms with Gasteiger partial charge in [0.15, 0.2) is 0 Å². The van der Waals surface area contributed by atoms with Gasteiger partial charge in [-0.3, -0.25) is 0 Å². The predicted molar refractivity (Wildman–Crippen MR) is 95.5 cm³/mol. The summed E-state index contributed by atoms with van der Waals surface area (Å²) in [4.78, 5) is 0. The van der Waals surface area contributed by atoms with Crippen LogP contribution >= 0.6 is 43.2 Å². The third kappa shape index (κ3) is 3.07. The lowest BCUT2D eigenvalue weighted by Crippen LogP contribution is -2.24. The first-order chi connectivity index (χ1) is 9.89. The SMILES string of the molecule is CNC(c1ccc2c(c1)CC(C)(C)O2)c1cc(Br)sc1Br. The van der Waals surface area contributed by atoms with E-state index in [1.807, 2.05) is 7.05 Å². The standard InChI is InChI=1S/C16H17Br2NOS/c1-16(2)8-10-6-9(4-5-12(10)20-16)14(19-3)11-7-13(17)21-15(11)18/h4-7,14,19H,8H2,1-3H3. The first kappa shape index (κ1) is 15.5. The molecule has 1 atom stereocenters. The number of ether oxygens (including phenoxy) is 1. The van der Waals surface area contributed by atoms with Crippen LogP contribution in [0.2, 0.25) is 0 Å². The van der Waals surface area contributed by atoms with Gasteiger partial charge in [0.25, 0.3) is 0 Å². The number of benzene rings is 1. The molecule has 1 aromatic heterocycles. The van der Waals surface area contributed by atoms with Gasteiger partial charge < -0.3 is 10.1 Å². The maximum atomic E-state index is 5.96. The van der Waals surface area contributed by atoms with E-state index in [9.17, 15) is 0 Å². The van der Waals surface area contributed by atoms with Crippen molar-refractivity contribution in [3.63, 3.8) is 0 Å². The number of hydrogen-bond donors (Lipinski definition) is 1. The van der Waals surface area contributed by atoms with Crippen LogP contribution < -0.4 is 10.1 Å². The van der Waals surface area contributed by atoms with Crippen molar-refractivity contribution >= 4 is 43.2 Å². The summed E-state index contributed by atoms with van der Waals surface area (Å²) in [6, 6.07) is 8.86. The van der Waals surface area contributed by atoms with E-state index in [0.717, 1.165) is 19.7 Å². The van der Waals surface area contributed by atoms with Crippen LogP contribution in [0.5, 0.6) is 5.75 Å². The second-order valence-corrected chi connectivity index (χ2v) is 9.66. The summed E-state index contributed by atoms with van der Waals surface area (Å²) in [6.45, 7) is 4.27. The molecular weight excluding hydrogens is 414 g/mol. The molecule has 1 unspecified atom stereocenters. The molecule has 3 rings (SSSR count). The molecule has 0 saturated heterocycles. The molecule has 2 nitrogen and oxygen atoms in total. The van der Waals surface area contributed by atoms with Crippen LogP contribution in [0.4, 0.5) is 0 Å². The molecule has 21 heavy (non-hydrogen) atoms. The molecule has 2 heterocycles. The molecule has 1 aromatic carbocycles. The fourth-order valence-electron chi connectivity index (χ4n) is 2.86. The highest BCUT2D eigenvalue weighted by Crippen LogP contribution is 2.40. The highest BCUT2D eigenvalue weighted by molar-refractivity contribution is 9.12. The van der Waals surface area contributed by atoms with E-state index in [-0.39, 0.29) is 11.6 Å². The number of nitrogens with one attached hydrogen (secondary N) is 1. The predicted octanol–water partition coefficient (Wildman–Crippen LogP) is 5.30. The van der Waals surface area contributed by atoms with Crippen LogP contribution in [0.1, 0.15) is 36.6 Å².